The lowest BCUT2D eigenvalue weighted by Gasteiger charge is -2.39. The van der Waals surface area contributed by atoms with E-state index in [2.05, 4.69) is 4.90 Å². The molecule has 7 heteroatoms. The molecular formula is C13H17N3O4. The van der Waals surface area contributed by atoms with Crippen LogP contribution in [0.25, 0.3) is 0 Å². The van der Waals surface area contributed by atoms with Crippen molar-refractivity contribution in [2.45, 2.75) is 13.0 Å². The van der Waals surface area contributed by atoms with Crippen LogP contribution >= 0.6 is 0 Å². The van der Waals surface area contributed by atoms with Crippen molar-refractivity contribution in [2.24, 2.45) is 0 Å². The molecule has 0 bridgehead atoms. The molecule has 7 nitrogen and oxygen atoms in total. The van der Waals surface area contributed by atoms with Crippen LogP contribution in [0, 0.1) is 10.1 Å². The van der Waals surface area contributed by atoms with Crippen LogP contribution < -0.4 is 4.90 Å². The Balaban J connectivity index is 2.48. The normalized spacial score (nSPS) is 19.9. The largest absolute Gasteiger partial charge is 0.478 e. The van der Waals surface area contributed by atoms with Gasteiger partial charge in [0.25, 0.3) is 5.69 Å². The molecule has 0 aromatic heterocycles. The minimum absolute atomic E-state index is 0.0176. The van der Waals surface area contributed by atoms with Gasteiger partial charge in [0.05, 0.1) is 10.5 Å². The summed E-state index contributed by atoms with van der Waals surface area (Å²) in [5.41, 5.74) is 0.0440. The molecule has 0 spiro atoms. The number of nitro groups is 1. The Bertz CT molecular complexity index is 514. The predicted molar refractivity (Wildman–Crippen MR) is 74.4 cm³/mol. The monoisotopic (exact) mass is 279 g/mol. The van der Waals surface area contributed by atoms with E-state index in [1.54, 1.807) is 4.90 Å². The van der Waals surface area contributed by atoms with Crippen LogP contribution in [0.15, 0.2) is 18.2 Å². The van der Waals surface area contributed by atoms with E-state index in [0.29, 0.717) is 13.1 Å². The maximum Gasteiger partial charge on any atom is 0.338 e. The van der Waals surface area contributed by atoms with Crippen LogP contribution in [0.1, 0.15) is 17.3 Å². The lowest BCUT2D eigenvalue weighted by Crippen LogP contribution is -2.50. The Hall–Kier alpha value is -2.15. The number of piperazine rings is 1. The smallest absolute Gasteiger partial charge is 0.338 e. The molecule has 1 atom stereocenters. The third-order valence-corrected chi connectivity index (χ3v) is 3.72. The quantitative estimate of drug-likeness (QED) is 0.665. The fourth-order valence-electron chi connectivity index (χ4n) is 2.44. The first-order valence-electron chi connectivity index (χ1n) is 6.37. The fourth-order valence-corrected chi connectivity index (χ4v) is 2.44. The Kier molecular flexibility index (Phi) is 3.89. The van der Waals surface area contributed by atoms with Gasteiger partial charge in [0.1, 0.15) is 5.69 Å². The van der Waals surface area contributed by atoms with Gasteiger partial charge in [0.2, 0.25) is 0 Å². The summed E-state index contributed by atoms with van der Waals surface area (Å²) < 4.78 is 0. The van der Waals surface area contributed by atoms with Crippen LogP contribution in [-0.2, 0) is 0 Å². The minimum atomic E-state index is -1.14. The van der Waals surface area contributed by atoms with Gasteiger partial charge in [0.15, 0.2) is 0 Å². The molecule has 1 N–H and O–H groups in total. The highest BCUT2D eigenvalue weighted by atomic mass is 16.6. The topological polar surface area (TPSA) is 86.9 Å². The van der Waals surface area contributed by atoms with Gasteiger partial charge < -0.3 is 14.9 Å². The van der Waals surface area contributed by atoms with Crippen LogP contribution in [0.3, 0.4) is 0 Å². The first kappa shape index (κ1) is 14.3. The van der Waals surface area contributed by atoms with Crippen molar-refractivity contribution in [3.05, 3.63) is 33.9 Å². The van der Waals surface area contributed by atoms with Crippen molar-refractivity contribution in [3.8, 4) is 0 Å². The molecule has 20 heavy (non-hydrogen) atoms. The van der Waals surface area contributed by atoms with Gasteiger partial charge in [-0.15, -0.1) is 0 Å². The van der Waals surface area contributed by atoms with Crippen molar-refractivity contribution in [3.63, 3.8) is 0 Å². The van der Waals surface area contributed by atoms with Crippen LogP contribution in [0.5, 0.6) is 0 Å². The van der Waals surface area contributed by atoms with E-state index in [1.807, 2.05) is 14.0 Å². The second kappa shape index (κ2) is 5.46. The fraction of sp³-hybridized carbons (Fsp3) is 0.462. The highest BCUT2D eigenvalue weighted by Gasteiger charge is 2.30. The van der Waals surface area contributed by atoms with Gasteiger partial charge >= 0.3 is 5.97 Å². The van der Waals surface area contributed by atoms with E-state index in [-0.39, 0.29) is 23.0 Å². The number of hydrogen-bond donors (Lipinski definition) is 1. The van der Waals surface area contributed by atoms with Crippen molar-refractivity contribution in [1.29, 1.82) is 0 Å². The molecule has 1 fully saturated rings. The van der Waals surface area contributed by atoms with Gasteiger partial charge in [-0.1, -0.05) is 6.07 Å². The van der Waals surface area contributed by atoms with E-state index in [0.717, 1.165) is 6.54 Å². The third kappa shape index (κ3) is 2.57. The maximum atomic E-state index is 11.3. The average Bonchev–Trinajstić information content (AvgIpc) is 2.41. The molecule has 1 unspecified atom stereocenters. The highest BCUT2D eigenvalue weighted by molar-refractivity contribution is 5.97. The number of carbonyl (C=O) groups is 1. The Labute approximate surface area is 116 Å². The summed E-state index contributed by atoms with van der Waals surface area (Å²) >= 11 is 0. The zero-order chi connectivity index (χ0) is 14.9. The minimum Gasteiger partial charge on any atom is -0.478 e. The molecule has 1 aliphatic rings. The number of aromatic carboxylic acids is 1. The molecule has 2 rings (SSSR count). The number of hydrogen-bond acceptors (Lipinski definition) is 5. The van der Waals surface area contributed by atoms with Crippen molar-refractivity contribution < 1.29 is 14.8 Å². The van der Waals surface area contributed by atoms with Gasteiger partial charge in [-0.3, -0.25) is 10.1 Å². The Morgan fingerprint density at radius 1 is 1.45 bits per heavy atom. The van der Waals surface area contributed by atoms with Gasteiger partial charge in [-0.05, 0) is 20.0 Å². The van der Waals surface area contributed by atoms with Crippen LogP contribution in [0.4, 0.5) is 11.4 Å². The summed E-state index contributed by atoms with van der Waals surface area (Å²) in [6.45, 7) is 3.90. The summed E-state index contributed by atoms with van der Waals surface area (Å²) in [6, 6.07) is 4.38. The number of nitro benzene ring substituents is 1. The van der Waals surface area contributed by atoms with Crippen molar-refractivity contribution in [2.75, 3.05) is 31.6 Å². The van der Waals surface area contributed by atoms with E-state index in [1.165, 1.54) is 18.2 Å². The van der Waals surface area contributed by atoms with E-state index in [9.17, 15) is 20.0 Å². The Morgan fingerprint density at radius 2 is 2.15 bits per heavy atom. The molecule has 1 aromatic carbocycles. The molecule has 1 saturated heterocycles. The summed E-state index contributed by atoms with van der Waals surface area (Å²) in [5, 5.41) is 20.4. The van der Waals surface area contributed by atoms with Crippen molar-refractivity contribution >= 4 is 17.3 Å². The lowest BCUT2D eigenvalue weighted by atomic mass is 10.1. The molecular weight excluding hydrogens is 262 g/mol. The number of nitrogens with zero attached hydrogens (tertiary/aromatic N) is 3. The van der Waals surface area contributed by atoms with Crippen molar-refractivity contribution in [1.82, 2.24) is 4.90 Å². The zero-order valence-corrected chi connectivity index (χ0v) is 11.4. The van der Waals surface area contributed by atoms with E-state index in [4.69, 9.17) is 0 Å². The SMILES string of the molecule is CC1CN(c2c(C(=O)O)cccc2[N+](=O)[O-])CCN1C. The number of rotatable bonds is 3. The second-order valence-electron chi connectivity index (χ2n) is 5.01. The first-order chi connectivity index (χ1) is 9.41. The van der Waals surface area contributed by atoms with Gasteiger partial charge in [0, 0.05) is 31.7 Å². The number of anilines is 1. The zero-order valence-electron chi connectivity index (χ0n) is 11.4. The summed E-state index contributed by atoms with van der Waals surface area (Å²) in [5.74, 6) is -1.14. The maximum absolute atomic E-state index is 11.3. The summed E-state index contributed by atoms with van der Waals surface area (Å²) in [6.07, 6.45) is 0. The molecule has 1 heterocycles. The molecule has 0 radical (unpaired) electrons. The highest BCUT2D eigenvalue weighted by Crippen LogP contribution is 2.33. The van der Waals surface area contributed by atoms with Gasteiger partial charge in [-0.25, -0.2) is 4.79 Å². The lowest BCUT2D eigenvalue weighted by molar-refractivity contribution is -0.384. The standard InChI is InChI=1S/C13H17N3O4/c1-9-8-15(7-6-14(9)2)12-10(13(17)18)4-3-5-11(12)16(19)20/h3-5,9H,6-8H2,1-2H3,(H,17,18). The van der Waals surface area contributed by atoms with E-state index < -0.39 is 10.9 Å². The molecule has 0 saturated carbocycles. The van der Waals surface area contributed by atoms with Crippen LogP contribution in [-0.4, -0.2) is 53.6 Å². The number of para-hydroxylation sites is 1. The van der Waals surface area contributed by atoms with E-state index >= 15 is 0 Å². The number of benzene rings is 1. The first-order valence-corrected chi connectivity index (χ1v) is 6.37. The predicted octanol–water partition coefficient (Wildman–Crippen LogP) is 1.43. The molecule has 1 aromatic rings. The second-order valence-corrected chi connectivity index (χ2v) is 5.01. The number of likely N-dealkylation sites (N-methyl/N-ethyl adjacent to an activating group) is 1. The third-order valence-electron chi connectivity index (χ3n) is 3.72. The van der Waals surface area contributed by atoms with Gasteiger partial charge in [-0.2, -0.15) is 0 Å². The molecule has 1 aliphatic heterocycles. The van der Waals surface area contributed by atoms with Crippen LogP contribution in [0.2, 0.25) is 0 Å². The molecule has 108 valence electrons. The average molecular weight is 279 g/mol. The Morgan fingerprint density at radius 3 is 2.70 bits per heavy atom. The number of carboxylic acid groups (broad SMARTS) is 1. The number of carboxylic acids is 1. The summed E-state index contributed by atoms with van der Waals surface area (Å²) in [7, 11) is 1.99. The summed E-state index contributed by atoms with van der Waals surface area (Å²) in [4.78, 5) is 25.9. The molecule has 0 aliphatic carbocycles. The molecule has 0 amide bonds.